The van der Waals surface area contributed by atoms with Gasteiger partial charge in [-0.1, -0.05) is 11.6 Å². The fourth-order valence-corrected chi connectivity index (χ4v) is 4.11. The summed E-state index contributed by atoms with van der Waals surface area (Å²) in [4.78, 5) is 29.3. The van der Waals surface area contributed by atoms with E-state index in [0.717, 1.165) is 37.3 Å². The first kappa shape index (κ1) is 19.8. The predicted molar refractivity (Wildman–Crippen MR) is 113 cm³/mol. The molecule has 2 aliphatic rings. The number of benzene rings is 1. The minimum Gasteiger partial charge on any atom is -0.370 e. The van der Waals surface area contributed by atoms with Gasteiger partial charge in [0.05, 0.1) is 34.2 Å². The van der Waals surface area contributed by atoms with E-state index in [0.29, 0.717) is 29.4 Å². The Hall–Kier alpha value is -2.54. The predicted octanol–water partition coefficient (Wildman–Crippen LogP) is 3.08. The molecular formula is C21H26ClN5O2. The van der Waals surface area contributed by atoms with Gasteiger partial charge in [-0.05, 0) is 44.4 Å². The minimum absolute atomic E-state index is 0.0541. The van der Waals surface area contributed by atoms with E-state index in [4.69, 9.17) is 11.6 Å². The number of hydrogen-bond donors (Lipinski definition) is 1. The van der Waals surface area contributed by atoms with Gasteiger partial charge >= 0.3 is 0 Å². The molecule has 154 valence electrons. The van der Waals surface area contributed by atoms with Gasteiger partial charge < -0.3 is 15.1 Å². The molecule has 8 heteroatoms. The first-order valence-electron chi connectivity index (χ1n) is 10.1. The second-order valence-electron chi connectivity index (χ2n) is 7.88. The lowest BCUT2D eigenvalue weighted by atomic mass is 9.97. The van der Waals surface area contributed by atoms with Crippen LogP contribution in [0.3, 0.4) is 0 Å². The largest absolute Gasteiger partial charge is 0.370 e. The summed E-state index contributed by atoms with van der Waals surface area (Å²) in [5.41, 5.74) is 3.17. The quantitative estimate of drug-likeness (QED) is 0.833. The van der Waals surface area contributed by atoms with Crippen molar-refractivity contribution < 1.29 is 9.59 Å². The Balaban J connectivity index is 1.37. The Bertz CT molecular complexity index is 929. The summed E-state index contributed by atoms with van der Waals surface area (Å²) in [6.07, 6.45) is 5.18. The second kappa shape index (κ2) is 8.06. The van der Waals surface area contributed by atoms with Crippen LogP contribution < -0.4 is 10.2 Å². The highest BCUT2D eigenvalue weighted by atomic mass is 35.5. The molecule has 0 bridgehead atoms. The molecule has 1 aromatic carbocycles. The number of aryl methyl sites for hydroxylation is 1. The number of anilines is 2. The van der Waals surface area contributed by atoms with Crippen molar-refractivity contribution in [2.75, 3.05) is 36.4 Å². The maximum absolute atomic E-state index is 12.9. The number of hydrogen-bond acceptors (Lipinski definition) is 4. The molecule has 2 amide bonds. The lowest BCUT2D eigenvalue weighted by molar-refractivity contribution is -0.123. The number of nitrogens with one attached hydrogen (secondary N) is 1. The molecule has 0 spiro atoms. The van der Waals surface area contributed by atoms with E-state index in [-0.39, 0.29) is 17.7 Å². The molecular weight excluding hydrogens is 390 g/mol. The van der Waals surface area contributed by atoms with Gasteiger partial charge in [-0.15, -0.1) is 0 Å². The fraction of sp³-hybridized carbons (Fsp3) is 0.476. The topological polar surface area (TPSA) is 70.5 Å². The Labute approximate surface area is 175 Å². The van der Waals surface area contributed by atoms with Crippen molar-refractivity contribution in [1.82, 2.24) is 14.7 Å². The molecule has 0 radical (unpaired) electrons. The number of rotatable bonds is 4. The van der Waals surface area contributed by atoms with Crippen LogP contribution in [-0.4, -0.2) is 52.7 Å². The van der Waals surface area contributed by atoms with E-state index in [1.807, 2.05) is 20.0 Å². The summed E-state index contributed by atoms with van der Waals surface area (Å²) in [7, 11) is 1.83. The number of nitrogens with zero attached hydrogens (tertiary/aromatic N) is 4. The maximum Gasteiger partial charge on any atom is 0.253 e. The van der Waals surface area contributed by atoms with Crippen molar-refractivity contribution in [1.29, 1.82) is 0 Å². The van der Waals surface area contributed by atoms with Crippen LogP contribution in [0.5, 0.6) is 0 Å². The number of piperidine rings is 1. The third-order valence-corrected chi connectivity index (χ3v) is 6.24. The molecule has 29 heavy (non-hydrogen) atoms. The van der Waals surface area contributed by atoms with Gasteiger partial charge in [0.1, 0.15) is 0 Å². The van der Waals surface area contributed by atoms with E-state index >= 15 is 0 Å². The molecule has 2 saturated heterocycles. The van der Waals surface area contributed by atoms with Crippen molar-refractivity contribution in [2.24, 2.45) is 13.0 Å². The monoisotopic (exact) mass is 415 g/mol. The molecule has 0 atom stereocenters. The Kier molecular flexibility index (Phi) is 5.50. The van der Waals surface area contributed by atoms with Gasteiger partial charge in [0.15, 0.2) is 0 Å². The van der Waals surface area contributed by atoms with Gasteiger partial charge in [0.25, 0.3) is 5.91 Å². The fourth-order valence-electron chi connectivity index (χ4n) is 3.87. The summed E-state index contributed by atoms with van der Waals surface area (Å²) in [5.74, 6) is -0.329. The summed E-state index contributed by atoms with van der Waals surface area (Å²) >= 11 is 6.39. The number of likely N-dealkylation sites (tertiary alicyclic amines) is 1. The van der Waals surface area contributed by atoms with E-state index in [1.165, 1.54) is 6.42 Å². The maximum atomic E-state index is 12.9. The summed E-state index contributed by atoms with van der Waals surface area (Å²) in [6, 6.07) is 5.46. The zero-order valence-electron chi connectivity index (χ0n) is 16.8. The van der Waals surface area contributed by atoms with Crippen molar-refractivity contribution in [2.45, 2.75) is 26.2 Å². The highest BCUT2D eigenvalue weighted by Crippen LogP contribution is 2.31. The molecule has 0 saturated carbocycles. The van der Waals surface area contributed by atoms with E-state index in [9.17, 15) is 9.59 Å². The van der Waals surface area contributed by atoms with Crippen molar-refractivity contribution in [3.05, 3.63) is 40.7 Å². The Morgan fingerprint density at radius 2 is 1.90 bits per heavy atom. The van der Waals surface area contributed by atoms with Gasteiger partial charge in [0.2, 0.25) is 5.91 Å². The molecule has 4 rings (SSSR count). The van der Waals surface area contributed by atoms with E-state index < -0.39 is 0 Å². The molecule has 1 aromatic heterocycles. The first-order valence-corrected chi connectivity index (χ1v) is 10.4. The second-order valence-corrected chi connectivity index (χ2v) is 8.28. The molecule has 2 aliphatic heterocycles. The summed E-state index contributed by atoms with van der Waals surface area (Å²) in [6.45, 7) is 4.69. The van der Waals surface area contributed by atoms with Crippen LogP contribution in [0.4, 0.5) is 11.4 Å². The number of amides is 2. The zero-order chi connectivity index (χ0) is 20.5. The molecule has 0 aliphatic carbocycles. The Morgan fingerprint density at radius 3 is 2.55 bits per heavy atom. The van der Waals surface area contributed by atoms with E-state index in [2.05, 4.69) is 15.3 Å². The summed E-state index contributed by atoms with van der Waals surface area (Å²) < 4.78 is 1.71. The third kappa shape index (κ3) is 3.96. The van der Waals surface area contributed by atoms with Crippen LogP contribution in [-0.2, 0) is 11.8 Å². The lowest BCUT2D eigenvalue weighted by Gasteiger charge is -2.38. The summed E-state index contributed by atoms with van der Waals surface area (Å²) in [5, 5.41) is 7.72. The van der Waals surface area contributed by atoms with Gasteiger partial charge in [-0.2, -0.15) is 5.10 Å². The number of aromatic nitrogens is 2. The van der Waals surface area contributed by atoms with Crippen molar-refractivity contribution >= 4 is 34.8 Å². The van der Waals surface area contributed by atoms with Crippen LogP contribution in [0, 0.1) is 12.8 Å². The first-order chi connectivity index (χ1) is 13.9. The highest BCUT2D eigenvalue weighted by molar-refractivity contribution is 6.33. The number of carbonyl (C=O) groups excluding carboxylic acids is 2. The molecule has 1 N–H and O–H groups in total. The third-order valence-electron chi connectivity index (χ3n) is 5.92. The molecule has 2 aromatic rings. The Morgan fingerprint density at radius 1 is 1.17 bits per heavy atom. The average molecular weight is 416 g/mol. The molecule has 0 unspecified atom stereocenters. The van der Waals surface area contributed by atoms with E-state index in [1.54, 1.807) is 27.9 Å². The van der Waals surface area contributed by atoms with Crippen molar-refractivity contribution in [3.63, 3.8) is 0 Å². The zero-order valence-corrected chi connectivity index (χ0v) is 17.6. The normalized spacial score (nSPS) is 17.2. The molecule has 2 fully saturated rings. The molecule has 3 heterocycles. The van der Waals surface area contributed by atoms with Crippen LogP contribution in [0.1, 0.15) is 35.3 Å². The average Bonchev–Trinajstić information content (AvgIpc) is 3.00. The van der Waals surface area contributed by atoms with Crippen LogP contribution in [0.2, 0.25) is 5.02 Å². The smallest absolute Gasteiger partial charge is 0.253 e. The lowest BCUT2D eigenvalue weighted by Crippen LogP contribution is -2.54. The standard InChI is InChI=1S/C21H26ClN5O2/c1-14-18(11-23-25(14)2)24-20(28)16-12-27(13-16)21(29)15-6-7-17(22)19(10-15)26-8-4-3-5-9-26/h6-7,10-11,16H,3-5,8-9,12-13H2,1-2H3,(H,24,28). The SMILES string of the molecule is Cc1c(NC(=O)C2CN(C(=O)c3ccc(Cl)c(N4CCCCC4)c3)C2)cnn1C. The molecule has 7 nitrogen and oxygen atoms in total. The van der Waals surface area contributed by atoms with Crippen LogP contribution >= 0.6 is 11.6 Å². The highest BCUT2D eigenvalue weighted by Gasteiger charge is 2.36. The number of halogens is 1. The van der Waals surface area contributed by atoms with Gasteiger partial charge in [-0.25, -0.2) is 0 Å². The van der Waals surface area contributed by atoms with Crippen molar-refractivity contribution in [3.8, 4) is 0 Å². The number of carbonyl (C=O) groups is 2. The van der Waals surface area contributed by atoms with Gasteiger partial charge in [0, 0.05) is 38.8 Å². The van der Waals surface area contributed by atoms with Gasteiger partial charge in [-0.3, -0.25) is 14.3 Å². The van der Waals surface area contributed by atoms with Crippen LogP contribution in [0.25, 0.3) is 0 Å². The van der Waals surface area contributed by atoms with Crippen LogP contribution in [0.15, 0.2) is 24.4 Å². The minimum atomic E-state index is -0.201.